The summed E-state index contributed by atoms with van der Waals surface area (Å²) in [6.45, 7) is 3.54. The first-order valence-corrected chi connectivity index (χ1v) is 5.27. The standard InChI is InChI=1S/C10H17N3O2/c1-8-12-9(15-13-8)11-7-10(3-4-10)5-6-14-2/h3-7H2,1-2H3,(H,11,12,13). The Kier molecular flexibility index (Phi) is 2.90. The third-order valence-electron chi connectivity index (χ3n) is 2.94. The Morgan fingerprint density at radius 1 is 1.53 bits per heavy atom. The smallest absolute Gasteiger partial charge is 0.321 e. The van der Waals surface area contributed by atoms with Crippen LogP contribution in [0.4, 0.5) is 6.01 Å². The molecule has 0 aromatic carbocycles. The molecule has 0 bridgehead atoms. The van der Waals surface area contributed by atoms with Crippen LogP contribution in [0.3, 0.4) is 0 Å². The summed E-state index contributed by atoms with van der Waals surface area (Å²) in [4.78, 5) is 4.10. The van der Waals surface area contributed by atoms with Crippen LogP contribution in [0.2, 0.25) is 0 Å². The fourth-order valence-corrected chi connectivity index (χ4v) is 1.64. The molecule has 0 atom stereocenters. The van der Waals surface area contributed by atoms with Gasteiger partial charge in [-0.3, -0.25) is 0 Å². The first-order chi connectivity index (χ1) is 7.24. The highest BCUT2D eigenvalue weighted by atomic mass is 16.5. The number of hydrogen-bond donors (Lipinski definition) is 1. The van der Waals surface area contributed by atoms with Gasteiger partial charge in [0.15, 0.2) is 5.82 Å². The lowest BCUT2D eigenvalue weighted by Gasteiger charge is -2.13. The average Bonchev–Trinajstić information content (AvgIpc) is 2.89. The summed E-state index contributed by atoms with van der Waals surface area (Å²) < 4.78 is 10.1. The number of nitrogens with one attached hydrogen (secondary N) is 1. The Labute approximate surface area is 89.2 Å². The molecular weight excluding hydrogens is 194 g/mol. The number of nitrogens with zero attached hydrogens (tertiary/aromatic N) is 2. The minimum Gasteiger partial charge on any atom is -0.385 e. The van der Waals surface area contributed by atoms with Crippen molar-refractivity contribution in [2.75, 3.05) is 25.6 Å². The molecule has 0 spiro atoms. The third kappa shape index (κ3) is 2.68. The number of hydrogen-bond acceptors (Lipinski definition) is 5. The second-order valence-corrected chi connectivity index (χ2v) is 4.24. The molecule has 1 aliphatic carbocycles. The molecule has 1 heterocycles. The van der Waals surface area contributed by atoms with Crippen molar-refractivity contribution >= 4 is 6.01 Å². The molecule has 5 nitrogen and oxygen atoms in total. The molecule has 0 saturated heterocycles. The van der Waals surface area contributed by atoms with Gasteiger partial charge in [-0.05, 0) is 31.6 Å². The SMILES string of the molecule is COCCC1(CNc2nc(C)no2)CC1. The van der Waals surface area contributed by atoms with Gasteiger partial charge in [0.25, 0.3) is 0 Å². The van der Waals surface area contributed by atoms with Crippen LogP contribution in [0.15, 0.2) is 4.52 Å². The molecule has 1 aromatic rings. The van der Waals surface area contributed by atoms with Gasteiger partial charge in [0.05, 0.1) is 0 Å². The van der Waals surface area contributed by atoms with Gasteiger partial charge in [0, 0.05) is 20.3 Å². The Bertz CT molecular complexity index is 320. The van der Waals surface area contributed by atoms with E-state index in [0.717, 1.165) is 19.6 Å². The summed E-state index contributed by atoms with van der Waals surface area (Å²) in [5, 5.41) is 6.91. The molecule has 0 amide bonds. The van der Waals surface area contributed by atoms with Crippen LogP contribution in [0.25, 0.3) is 0 Å². The maximum atomic E-state index is 5.09. The summed E-state index contributed by atoms with van der Waals surface area (Å²) in [5.41, 5.74) is 0.401. The minimum absolute atomic E-state index is 0.401. The first-order valence-electron chi connectivity index (χ1n) is 5.27. The van der Waals surface area contributed by atoms with Crippen LogP contribution >= 0.6 is 0 Å². The van der Waals surface area contributed by atoms with Crippen molar-refractivity contribution in [3.05, 3.63) is 5.82 Å². The van der Waals surface area contributed by atoms with Crippen LogP contribution in [-0.4, -0.2) is 30.4 Å². The van der Waals surface area contributed by atoms with Crippen molar-refractivity contribution in [2.45, 2.75) is 26.2 Å². The highest BCUT2D eigenvalue weighted by Crippen LogP contribution is 2.48. The van der Waals surface area contributed by atoms with Crippen molar-refractivity contribution in [1.82, 2.24) is 10.1 Å². The maximum absolute atomic E-state index is 5.09. The van der Waals surface area contributed by atoms with Crippen LogP contribution < -0.4 is 5.32 Å². The summed E-state index contributed by atoms with van der Waals surface area (Å²) in [5.74, 6) is 0.666. The first kappa shape index (κ1) is 10.4. The molecule has 5 heteroatoms. The molecule has 0 aliphatic heterocycles. The third-order valence-corrected chi connectivity index (χ3v) is 2.94. The fraction of sp³-hybridized carbons (Fsp3) is 0.800. The number of aryl methyl sites for hydroxylation is 1. The van der Waals surface area contributed by atoms with Gasteiger partial charge in [-0.25, -0.2) is 0 Å². The second-order valence-electron chi connectivity index (χ2n) is 4.24. The predicted octanol–water partition coefficient (Wildman–Crippen LogP) is 1.61. The van der Waals surface area contributed by atoms with Crippen LogP contribution in [-0.2, 0) is 4.74 Å². The molecule has 0 radical (unpaired) electrons. The van der Waals surface area contributed by atoms with Crippen LogP contribution in [0.1, 0.15) is 25.1 Å². The van der Waals surface area contributed by atoms with Crippen molar-refractivity contribution in [3.63, 3.8) is 0 Å². The van der Waals surface area contributed by atoms with Gasteiger partial charge in [0.2, 0.25) is 0 Å². The lowest BCUT2D eigenvalue weighted by atomic mass is 10.0. The maximum Gasteiger partial charge on any atom is 0.321 e. The highest BCUT2D eigenvalue weighted by molar-refractivity contribution is 5.20. The van der Waals surface area contributed by atoms with Crippen molar-refractivity contribution < 1.29 is 9.26 Å². The number of ether oxygens (including phenoxy) is 1. The predicted molar refractivity (Wildman–Crippen MR) is 55.7 cm³/mol. The molecule has 1 fully saturated rings. The zero-order valence-corrected chi connectivity index (χ0v) is 9.25. The zero-order valence-electron chi connectivity index (χ0n) is 9.25. The Hall–Kier alpha value is -1.10. The molecule has 2 rings (SSSR count). The minimum atomic E-state index is 0.401. The van der Waals surface area contributed by atoms with E-state index >= 15 is 0 Å². The summed E-state index contributed by atoms with van der Waals surface area (Å²) in [6.07, 6.45) is 3.62. The second kappa shape index (κ2) is 4.18. The zero-order chi connectivity index (χ0) is 10.7. The topological polar surface area (TPSA) is 60.2 Å². The molecule has 15 heavy (non-hydrogen) atoms. The summed E-state index contributed by atoms with van der Waals surface area (Å²) in [6, 6.07) is 0.524. The normalized spacial score (nSPS) is 17.7. The van der Waals surface area contributed by atoms with E-state index in [9.17, 15) is 0 Å². The van der Waals surface area contributed by atoms with Gasteiger partial charge in [-0.2, -0.15) is 4.98 Å². The van der Waals surface area contributed by atoms with Crippen LogP contribution in [0, 0.1) is 12.3 Å². The summed E-state index contributed by atoms with van der Waals surface area (Å²) >= 11 is 0. The number of rotatable bonds is 6. The molecule has 1 N–H and O–H groups in total. The average molecular weight is 211 g/mol. The molecule has 1 aromatic heterocycles. The number of anilines is 1. The van der Waals surface area contributed by atoms with Crippen molar-refractivity contribution in [1.29, 1.82) is 0 Å². The van der Waals surface area contributed by atoms with Gasteiger partial charge in [-0.15, -0.1) is 0 Å². The van der Waals surface area contributed by atoms with E-state index in [0.29, 0.717) is 17.3 Å². The van der Waals surface area contributed by atoms with Crippen molar-refractivity contribution in [3.8, 4) is 0 Å². The van der Waals surface area contributed by atoms with Gasteiger partial charge in [-0.1, -0.05) is 5.16 Å². The van der Waals surface area contributed by atoms with Gasteiger partial charge >= 0.3 is 6.01 Å². The number of aromatic nitrogens is 2. The largest absolute Gasteiger partial charge is 0.385 e. The summed E-state index contributed by atoms with van der Waals surface area (Å²) in [7, 11) is 1.74. The molecule has 1 aliphatic rings. The quantitative estimate of drug-likeness (QED) is 0.774. The Morgan fingerprint density at radius 2 is 2.33 bits per heavy atom. The Balaban J connectivity index is 1.78. The molecule has 84 valence electrons. The Morgan fingerprint density at radius 3 is 2.87 bits per heavy atom. The number of methoxy groups -OCH3 is 1. The van der Waals surface area contributed by atoms with E-state index in [2.05, 4.69) is 15.5 Å². The van der Waals surface area contributed by atoms with Crippen LogP contribution in [0.5, 0.6) is 0 Å². The lowest BCUT2D eigenvalue weighted by molar-refractivity contribution is 0.174. The monoisotopic (exact) mass is 211 g/mol. The van der Waals surface area contributed by atoms with E-state index in [4.69, 9.17) is 9.26 Å². The molecule has 0 unspecified atom stereocenters. The van der Waals surface area contributed by atoms with E-state index < -0.39 is 0 Å². The lowest BCUT2D eigenvalue weighted by Crippen LogP contribution is -2.17. The fourth-order valence-electron chi connectivity index (χ4n) is 1.64. The van der Waals surface area contributed by atoms with E-state index in [1.165, 1.54) is 12.8 Å². The van der Waals surface area contributed by atoms with E-state index in [-0.39, 0.29) is 0 Å². The van der Waals surface area contributed by atoms with Gasteiger partial charge < -0.3 is 14.6 Å². The molecular formula is C10H17N3O2. The highest BCUT2D eigenvalue weighted by Gasteiger charge is 2.41. The van der Waals surface area contributed by atoms with E-state index in [1.54, 1.807) is 7.11 Å². The van der Waals surface area contributed by atoms with E-state index in [1.807, 2.05) is 6.92 Å². The van der Waals surface area contributed by atoms with Crippen molar-refractivity contribution in [2.24, 2.45) is 5.41 Å². The molecule has 1 saturated carbocycles. The van der Waals surface area contributed by atoms with Gasteiger partial charge in [0.1, 0.15) is 0 Å².